The molecule has 12 heavy (non-hydrogen) atoms. The quantitative estimate of drug-likeness (QED) is 0.717. The summed E-state index contributed by atoms with van der Waals surface area (Å²) in [6.45, 7) is 2.03. The van der Waals surface area contributed by atoms with Gasteiger partial charge < -0.3 is 5.73 Å². The highest BCUT2D eigenvalue weighted by Gasteiger charge is 2.14. The van der Waals surface area contributed by atoms with Gasteiger partial charge in [0.25, 0.3) is 0 Å². The van der Waals surface area contributed by atoms with Gasteiger partial charge in [0, 0.05) is 11.4 Å². The molecule has 1 heterocycles. The van der Waals surface area contributed by atoms with Gasteiger partial charge >= 0.3 is 0 Å². The lowest BCUT2D eigenvalue weighted by molar-refractivity contribution is 0.782. The number of aromatic nitrogens is 1. The number of hydrogen-bond donors (Lipinski definition) is 1. The molecule has 3 heteroatoms. The van der Waals surface area contributed by atoms with Gasteiger partial charge in [-0.15, -0.1) is 11.3 Å². The summed E-state index contributed by atoms with van der Waals surface area (Å²) in [4.78, 5) is 4.42. The van der Waals surface area contributed by atoms with Crippen LogP contribution in [0.5, 0.6) is 0 Å². The Morgan fingerprint density at radius 1 is 1.67 bits per heavy atom. The van der Waals surface area contributed by atoms with Crippen LogP contribution >= 0.6 is 11.3 Å². The number of nitrogens with two attached hydrogens (primary N) is 1. The molecule has 1 aromatic rings. The summed E-state index contributed by atoms with van der Waals surface area (Å²) < 4.78 is 0. The molecule has 0 saturated carbocycles. The molecule has 1 aromatic heterocycles. The maximum absolute atomic E-state index is 5.77. The Bertz CT molecular complexity index is 314. The molecule has 2 rings (SSSR count). The molecule has 1 atom stereocenters. The Balaban J connectivity index is 2.26. The van der Waals surface area contributed by atoms with Crippen LogP contribution in [0.15, 0.2) is 11.5 Å². The Labute approximate surface area is 76.1 Å². The summed E-state index contributed by atoms with van der Waals surface area (Å²) in [5.74, 6) is 0. The van der Waals surface area contributed by atoms with Crippen molar-refractivity contribution in [3.05, 3.63) is 22.2 Å². The van der Waals surface area contributed by atoms with Crippen LogP contribution in [0.2, 0.25) is 0 Å². The summed E-state index contributed by atoms with van der Waals surface area (Å²) in [6.07, 6.45) is 4.30. The highest BCUT2D eigenvalue weighted by atomic mass is 32.1. The van der Waals surface area contributed by atoms with Gasteiger partial charge in [-0.25, -0.2) is 4.98 Å². The summed E-state index contributed by atoms with van der Waals surface area (Å²) >= 11 is 1.70. The van der Waals surface area contributed by atoms with Crippen LogP contribution in [0.1, 0.15) is 23.5 Å². The third-order valence-electron chi connectivity index (χ3n) is 2.11. The van der Waals surface area contributed by atoms with Crippen LogP contribution in [-0.2, 0) is 0 Å². The molecule has 0 fully saturated rings. The molecule has 1 aliphatic carbocycles. The fourth-order valence-electron chi connectivity index (χ4n) is 1.47. The number of rotatable bonds is 1. The van der Waals surface area contributed by atoms with Crippen molar-refractivity contribution in [2.24, 2.45) is 5.73 Å². The molecule has 0 aliphatic heterocycles. The molecule has 0 aromatic carbocycles. The minimum absolute atomic E-state index is 0.252. The number of aryl methyl sites for hydroxylation is 1. The lowest BCUT2D eigenvalue weighted by Gasteiger charge is -1.92. The van der Waals surface area contributed by atoms with E-state index in [4.69, 9.17) is 5.73 Å². The van der Waals surface area contributed by atoms with Crippen molar-refractivity contribution in [2.75, 3.05) is 0 Å². The molecule has 64 valence electrons. The zero-order valence-electron chi connectivity index (χ0n) is 7.08. The maximum Gasteiger partial charge on any atom is 0.0901 e. The van der Waals surface area contributed by atoms with E-state index in [2.05, 4.69) is 16.4 Å². The fraction of sp³-hybridized carbons (Fsp3) is 0.444. The summed E-state index contributed by atoms with van der Waals surface area (Å²) in [7, 11) is 0. The van der Waals surface area contributed by atoms with Crippen molar-refractivity contribution in [1.82, 2.24) is 4.98 Å². The van der Waals surface area contributed by atoms with Crippen molar-refractivity contribution in [3.8, 4) is 0 Å². The molecule has 2 N–H and O–H groups in total. The van der Waals surface area contributed by atoms with E-state index in [0.717, 1.165) is 23.5 Å². The lowest BCUT2D eigenvalue weighted by Crippen LogP contribution is -2.11. The normalized spacial score (nSPS) is 22.8. The first-order chi connectivity index (χ1) is 5.75. The Kier molecular flexibility index (Phi) is 1.98. The van der Waals surface area contributed by atoms with Crippen LogP contribution in [0, 0.1) is 6.92 Å². The zero-order chi connectivity index (χ0) is 8.55. The second-order valence-corrected chi connectivity index (χ2v) is 4.21. The van der Waals surface area contributed by atoms with Gasteiger partial charge in [0.2, 0.25) is 0 Å². The first-order valence-corrected chi connectivity index (χ1v) is 5.02. The van der Waals surface area contributed by atoms with Crippen molar-refractivity contribution in [3.63, 3.8) is 0 Å². The highest BCUT2D eigenvalue weighted by Crippen LogP contribution is 2.27. The molecular formula is C9H12N2S. The largest absolute Gasteiger partial charge is 0.324 e. The van der Waals surface area contributed by atoms with Crippen molar-refractivity contribution in [1.29, 1.82) is 0 Å². The third-order valence-corrected chi connectivity index (χ3v) is 2.88. The monoisotopic (exact) mass is 180 g/mol. The van der Waals surface area contributed by atoms with E-state index in [9.17, 15) is 0 Å². The topological polar surface area (TPSA) is 38.9 Å². The molecule has 1 unspecified atom stereocenters. The standard InChI is InChI=1S/C9H12N2S/c1-6-11-9(5-12-6)7-2-3-8(10)4-7/h4-5,8H,2-3,10H2,1H3. The summed E-state index contributed by atoms with van der Waals surface area (Å²) in [5.41, 5.74) is 8.22. The zero-order valence-corrected chi connectivity index (χ0v) is 7.90. The molecule has 2 nitrogen and oxygen atoms in total. The maximum atomic E-state index is 5.77. The van der Waals surface area contributed by atoms with Gasteiger partial charge in [-0.05, 0) is 25.3 Å². The second kappa shape index (κ2) is 2.99. The molecule has 0 spiro atoms. The molecule has 0 amide bonds. The Morgan fingerprint density at radius 2 is 2.50 bits per heavy atom. The predicted octanol–water partition coefficient (Wildman–Crippen LogP) is 1.96. The highest BCUT2D eigenvalue weighted by molar-refractivity contribution is 7.09. The smallest absolute Gasteiger partial charge is 0.0901 e. The molecule has 0 radical (unpaired) electrons. The lowest BCUT2D eigenvalue weighted by atomic mass is 10.2. The van der Waals surface area contributed by atoms with Gasteiger partial charge in [0.1, 0.15) is 0 Å². The molecule has 0 saturated heterocycles. The number of thiazole rings is 1. The summed E-state index contributed by atoms with van der Waals surface area (Å²) in [6, 6.07) is 0.252. The molecular weight excluding hydrogens is 168 g/mol. The van der Waals surface area contributed by atoms with Gasteiger partial charge in [0.15, 0.2) is 0 Å². The van der Waals surface area contributed by atoms with Crippen LogP contribution in [0.25, 0.3) is 5.57 Å². The van der Waals surface area contributed by atoms with Crippen LogP contribution in [-0.4, -0.2) is 11.0 Å². The van der Waals surface area contributed by atoms with Crippen molar-refractivity contribution in [2.45, 2.75) is 25.8 Å². The van der Waals surface area contributed by atoms with E-state index in [1.165, 1.54) is 5.57 Å². The third kappa shape index (κ3) is 1.42. The minimum atomic E-state index is 0.252. The van der Waals surface area contributed by atoms with Gasteiger partial charge in [0.05, 0.1) is 10.7 Å². The van der Waals surface area contributed by atoms with E-state index >= 15 is 0 Å². The fourth-order valence-corrected chi connectivity index (χ4v) is 2.11. The Hall–Kier alpha value is -0.670. The van der Waals surface area contributed by atoms with E-state index in [-0.39, 0.29) is 6.04 Å². The van der Waals surface area contributed by atoms with E-state index in [1.807, 2.05) is 6.92 Å². The Morgan fingerprint density at radius 3 is 3.00 bits per heavy atom. The molecule has 0 bridgehead atoms. The van der Waals surface area contributed by atoms with Crippen molar-refractivity contribution >= 4 is 16.9 Å². The van der Waals surface area contributed by atoms with Crippen LogP contribution < -0.4 is 5.73 Å². The van der Waals surface area contributed by atoms with Gasteiger partial charge in [-0.1, -0.05) is 6.08 Å². The minimum Gasteiger partial charge on any atom is -0.324 e. The number of hydrogen-bond acceptors (Lipinski definition) is 3. The van der Waals surface area contributed by atoms with Crippen LogP contribution in [0.4, 0.5) is 0 Å². The summed E-state index contributed by atoms with van der Waals surface area (Å²) in [5, 5.41) is 3.24. The van der Waals surface area contributed by atoms with Gasteiger partial charge in [-0.3, -0.25) is 0 Å². The number of allylic oxidation sites excluding steroid dienone is 1. The first kappa shape index (κ1) is 7.95. The van der Waals surface area contributed by atoms with E-state index in [1.54, 1.807) is 11.3 Å². The van der Waals surface area contributed by atoms with Gasteiger partial charge in [-0.2, -0.15) is 0 Å². The number of nitrogens with zero attached hydrogens (tertiary/aromatic N) is 1. The average molecular weight is 180 g/mol. The molecule has 1 aliphatic rings. The predicted molar refractivity (Wildman–Crippen MR) is 52.0 cm³/mol. The second-order valence-electron chi connectivity index (χ2n) is 3.15. The van der Waals surface area contributed by atoms with E-state index in [0.29, 0.717) is 0 Å². The first-order valence-electron chi connectivity index (χ1n) is 4.14. The van der Waals surface area contributed by atoms with Crippen molar-refractivity contribution < 1.29 is 0 Å². The van der Waals surface area contributed by atoms with Crippen LogP contribution in [0.3, 0.4) is 0 Å². The SMILES string of the molecule is Cc1nc(C2=CC(N)CC2)cs1. The average Bonchev–Trinajstić information content (AvgIpc) is 2.58. The van der Waals surface area contributed by atoms with E-state index < -0.39 is 0 Å².